The zero-order valence-electron chi connectivity index (χ0n) is 17.2. The summed E-state index contributed by atoms with van der Waals surface area (Å²) >= 11 is 3.00. The Balaban J connectivity index is 1.72. The van der Waals surface area contributed by atoms with Crippen LogP contribution in [0, 0.1) is 11.3 Å². The first-order valence-electron chi connectivity index (χ1n) is 9.49. The molecule has 2 aliphatic rings. The highest BCUT2D eigenvalue weighted by atomic mass is 32.2. The van der Waals surface area contributed by atoms with Crippen LogP contribution in [0.4, 0.5) is 17.1 Å². The van der Waals surface area contributed by atoms with Crippen molar-refractivity contribution in [1.82, 2.24) is 4.90 Å². The molecule has 2 aromatic carbocycles. The standard InChI is InChI=1S/C22H21N5OS2/c1-5-27-20(28)19(21-26(4)17-8-6-7-9-18(17)29-21)30-22(27)24-15-10-11-16(25(2)3)14(12-15)13-23/h6-12H,5H2,1-4H3/b21-19+,24-22?. The maximum atomic E-state index is 13.2. The van der Waals surface area contributed by atoms with Gasteiger partial charge in [0.05, 0.1) is 27.7 Å². The number of anilines is 2. The highest BCUT2D eigenvalue weighted by molar-refractivity contribution is 8.19. The molecule has 6 nitrogen and oxygen atoms in total. The number of thioether (sulfide) groups is 2. The molecular formula is C22H21N5OS2. The topological polar surface area (TPSA) is 62.9 Å². The van der Waals surface area contributed by atoms with E-state index in [1.807, 2.05) is 57.2 Å². The van der Waals surface area contributed by atoms with Gasteiger partial charge in [0.25, 0.3) is 5.91 Å². The largest absolute Gasteiger partial charge is 0.377 e. The van der Waals surface area contributed by atoms with Gasteiger partial charge in [0.1, 0.15) is 11.0 Å². The summed E-state index contributed by atoms with van der Waals surface area (Å²) in [6.45, 7) is 2.47. The van der Waals surface area contributed by atoms with Gasteiger partial charge >= 0.3 is 0 Å². The predicted molar refractivity (Wildman–Crippen MR) is 125 cm³/mol. The van der Waals surface area contributed by atoms with Gasteiger partial charge in [-0.2, -0.15) is 5.26 Å². The van der Waals surface area contributed by atoms with E-state index in [0.29, 0.717) is 27.9 Å². The fourth-order valence-electron chi connectivity index (χ4n) is 3.38. The number of likely N-dealkylation sites (N-methyl/N-ethyl adjacent to an activating group) is 1. The minimum Gasteiger partial charge on any atom is -0.377 e. The lowest BCUT2D eigenvalue weighted by Gasteiger charge is -2.15. The molecular weight excluding hydrogens is 414 g/mol. The molecule has 0 saturated carbocycles. The first-order valence-corrected chi connectivity index (χ1v) is 11.1. The van der Waals surface area contributed by atoms with Gasteiger partial charge in [-0.1, -0.05) is 23.9 Å². The minimum atomic E-state index is -0.0335. The third-order valence-electron chi connectivity index (χ3n) is 4.92. The number of amides is 1. The van der Waals surface area contributed by atoms with Crippen molar-refractivity contribution >= 4 is 51.7 Å². The van der Waals surface area contributed by atoms with Crippen molar-refractivity contribution in [2.45, 2.75) is 11.8 Å². The summed E-state index contributed by atoms with van der Waals surface area (Å²) < 4.78 is 0. The van der Waals surface area contributed by atoms with Crippen molar-refractivity contribution in [1.29, 1.82) is 5.26 Å². The van der Waals surface area contributed by atoms with Gasteiger partial charge < -0.3 is 9.80 Å². The zero-order chi connectivity index (χ0) is 21.4. The van der Waals surface area contributed by atoms with Crippen LogP contribution in [0.25, 0.3) is 0 Å². The first-order chi connectivity index (χ1) is 14.4. The van der Waals surface area contributed by atoms with Crippen LogP contribution in [-0.2, 0) is 4.79 Å². The molecule has 2 heterocycles. The first kappa shape index (κ1) is 20.4. The van der Waals surface area contributed by atoms with Crippen LogP contribution < -0.4 is 9.80 Å². The molecule has 1 fully saturated rings. The normalized spacial score (nSPS) is 19.4. The lowest BCUT2D eigenvalue weighted by molar-refractivity contribution is -0.122. The molecule has 0 bridgehead atoms. The van der Waals surface area contributed by atoms with Crippen LogP contribution in [0.15, 0.2) is 62.3 Å². The molecule has 8 heteroatoms. The summed E-state index contributed by atoms with van der Waals surface area (Å²) in [4.78, 5) is 25.4. The second kappa shape index (κ2) is 8.09. The highest BCUT2D eigenvalue weighted by Crippen LogP contribution is 2.49. The maximum absolute atomic E-state index is 13.2. The highest BCUT2D eigenvalue weighted by Gasteiger charge is 2.38. The van der Waals surface area contributed by atoms with E-state index in [-0.39, 0.29) is 5.91 Å². The molecule has 1 amide bonds. The SMILES string of the molecule is CCN1C(=O)/C(=C2\Sc3ccccc3N2C)SC1=Nc1ccc(N(C)C)c(C#N)c1. The molecule has 0 unspecified atom stereocenters. The number of para-hydroxylation sites is 1. The third kappa shape index (κ3) is 3.44. The van der Waals surface area contributed by atoms with E-state index in [0.717, 1.165) is 21.3 Å². The lowest BCUT2D eigenvalue weighted by Crippen LogP contribution is -2.29. The molecule has 152 valence electrons. The quantitative estimate of drug-likeness (QED) is 0.656. The second-order valence-corrected chi connectivity index (χ2v) is 9.02. The Morgan fingerprint density at radius 1 is 1.17 bits per heavy atom. The van der Waals surface area contributed by atoms with Gasteiger partial charge in [0.2, 0.25) is 0 Å². The van der Waals surface area contributed by atoms with E-state index in [1.165, 1.54) is 11.8 Å². The van der Waals surface area contributed by atoms with Crippen molar-refractivity contribution in [2.24, 2.45) is 4.99 Å². The second-order valence-electron chi connectivity index (χ2n) is 7.02. The Hall–Kier alpha value is -2.89. The number of amidine groups is 1. The number of nitriles is 1. The average Bonchev–Trinajstić information content (AvgIpc) is 3.24. The summed E-state index contributed by atoms with van der Waals surface area (Å²) in [5.41, 5.74) is 3.16. The van der Waals surface area contributed by atoms with Gasteiger partial charge in [-0.15, -0.1) is 0 Å². The molecule has 2 aromatic rings. The van der Waals surface area contributed by atoms with E-state index < -0.39 is 0 Å². The maximum Gasteiger partial charge on any atom is 0.269 e. The number of fused-ring (bicyclic) bond motifs is 1. The van der Waals surface area contributed by atoms with Gasteiger partial charge in [0.15, 0.2) is 5.17 Å². The van der Waals surface area contributed by atoms with Crippen LogP contribution >= 0.6 is 23.5 Å². The molecule has 30 heavy (non-hydrogen) atoms. The molecule has 1 saturated heterocycles. The van der Waals surface area contributed by atoms with Crippen molar-refractivity contribution in [2.75, 3.05) is 37.5 Å². The molecule has 0 spiro atoms. The van der Waals surface area contributed by atoms with Crippen molar-refractivity contribution in [3.63, 3.8) is 0 Å². The minimum absolute atomic E-state index is 0.0335. The Labute approximate surface area is 184 Å². The third-order valence-corrected chi connectivity index (χ3v) is 7.35. The summed E-state index contributed by atoms with van der Waals surface area (Å²) in [6.07, 6.45) is 0. The zero-order valence-corrected chi connectivity index (χ0v) is 18.8. The number of rotatable bonds is 3. The molecule has 0 aromatic heterocycles. The summed E-state index contributed by atoms with van der Waals surface area (Å²) in [6, 6.07) is 15.9. The van der Waals surface area contributed by atoms with Crippen LogP contribution in [0.1, 0.15) is 12.5 Å². The number of aliphatic imine (C=N–C) groups is 1. The molecule has 0 N–H and O–H groups in total. The predicted octanol–water partition coefficient (Wildman–Crippen LogP) is 4.62. The molecule has 2 aliphatic heterocycles. The van der Waals surface area contributed by atoms with Gasteiger partial charge in [-0.25, -0.2) is 4.99 Å². The van der Waals surface area contributed by atoms with E-state index in [4.69, 9.17) is 4.99 Å². The summed E-state index contributed by atoms with van der Waals surface area (Å²) in [5.74, 6) is -0.0335. The number of carbonyl (C=O) groups is 1. The number of carbonyl (C=O) groups excluding carboxylic acids is 1. The van der Waals surface area contributed by atoms with E-state index >= 15 is 0 Å². The summed E-state index contributed by atoms with van der Waals surface area (Å²) in [7, 11) is 5.79. The van der Waals surface area contributed by atoms with Gasteiger partial charge in [0, 0.05) is 32.6 Å². The van der Waals surface area contributed by atoms with Gasteiger partial charge in [-0.3, -0.25) is 9.69 Å². The lowest BCUT2D eigenvalue weighted by atomic mass is 10.1. The summed E-state index contributed by atoms with van der Waals surface area (Å²) in [5, 5.41) is 11.0. The van der Waals surface area contributed by atoms with E-state index in [2.05, 4.69) is 23.1 Å². The Kier molecular flexibility index (Phi) is 5.50. The molecule has 0 atom stereocenters. The van der Waals surface area contributed by atoms with Gasteiger partial charge in [-0.05, 0) is 49.0 Å². The van der Waals surface area contributed by atoms with Crippen LogP contribution in [0.3, 0.4) is 0 Å². The monoisotopic (exact) mass is 435 g/mol. The fraction of sp³-hybridized carbons (Fsp3) is 0.227. The smallest absolute Gasteiger partial charge is 0.269 e. The van der Waals surface area contributed by atoms with Crippen molar-refractivity contribution < 1.29 is 4.79 Å². The van der Waals surface area contributed by atoms with Crippen molar-refractivity contribution in [3.8, 4) is 6.07 Å². The average molecular weight is 436 g/mol. The van der Waals surface area contributed by atoms with Crippen LogP contribution in [0.2, 0.25) is 0 Å². The Morgan fingerprint density at radius 2 is 1.93 bits per heavy atom. The molecule has 0 radical (unpaired) electrons. The van der Waals surface area contributed by atoms with E-state index in [1.54, 1.807) is 22.7 Å². The number of hydrogen-bond acceptors (Lipinski definition) is 7. The fourth-order valence-corrected chi connectivity index (χ4v) is 5.79. The van der Waals surface area contributed by atoms with Crippen LogP contribution in [-0.4, -0.2) is 43.7 Å². The van der Waals surface area contributed by atoms with Crippen molar-refractivity contribution in [3.05, 3.63) is 58.0 Å². The number of hydrogen-bond donors (Lipinski definition) is 0. The molecule has 4 rings (SSSR count). The Morgan fingerprint density at radius 3 is 2.60 bits per heavy atom. The number of benzene rings is 2. The number of nitrogens with zero attached hydrogens (tertiary/aromatic N) is 5. The van der Waals surface area contributed by atoms with E-state index in [9.17, 15) is 10.1 Å². The molecule has 0 aliphatic carbocycles. The Bertz CT molecular complexity index is 1130. The van der Waals surface area contributed by atoms with Crippen LogP contribution in [0.5, 0.6) is 0 Å².